The van der Waals surface area contributed by atoms with Gasteiger partial charge in [-0.2, -0.15) is 0 Å². The molecule has 1 aliphatic rings. The molecule has 1 amide bonds. The molecule has 0 unspecified atom stereocenters. The minimum atomic E-state index is -1.36. The fourth-order valence-corrected chi connectivity index (χ4v) is 6.69. The number of azide groups is 1. The first-order chi connectivity index (χ1) is 30.5. The molecule has 336 valence electrons. The monoisotopic (exact) mass is 886 g/mol. The smallest absolute Gasteiger partial charge is 0.408 e. The van der Waals surface area contributed by atoms with Crippen molar-refractivity contribution < 1.29 is 52.3 Å². The Hall–Kier alpha value is -5.51. The molecule has 1 heterocycles. The highest BCUT2D eigenvalue weighted by molar-refractivity contribution is 6.26. The quantitative estimate of drug-likeness (QED) is 0.0188. The summed E-state index contributed by atoms with van der Waals surface area (Å²) in [5, 5.41) is 6.40. The number of carbonyl (C=O) groups excluding carboxylic acids is 3. The van der Waals surface area contributed by atoms with Crippen molar-refractivity contribution in [2.24, 2.45) is 5.11 Å². The van der Waals surface area contributed by atoms with Gasteiger partial charge in [0.2, 0.25) is 0 Å². The maximum Gasteiger partial charge on any atom is 0.408 e. The van der Waals surface area contributed by atoms with Crippen LogP contribution in [0.3, 0.4) is 0 Å². The number of nitrogens with one attached hydrogen (secondary N) is 1. The summed E-state index contributed by atoms with van der Waals surface area (Å²) in [6, 6.07) is 36.5. The van der Waals surface area contributed by atoms with Crippen LogP contribution in [0.1, 0.15) is 55.9 Å². The summed E-state index contributed by atoms with van der Waals surface area (Å²) in [7, 11) is 0. The van der Waals surface area contributed by atoms with Crippen LogP contribution in [-0.4, -0.2) is 85.5 Å². The highest BCUT2D eigenvalue weighted by Crippen LogP contribution is 2.32. The Balaban J connectivity index is 1.44. The molecular weight excluding hydrogens is 832 g/mol. The third-order valence-corrected chi connectivity index (χ3v) is 9.80. The number of esters is 2. The second-order valence-corrected chi connectivity index (χ2v) is 16.0. The van der Waals surface area contributed by atoms with Crippen LogP contribution in [-0.2, 0) is 73.9 Å². The summed E-state index contributed by atoms with van der Waals surface area (Å²) >= 11 is 6.01. The number of alkyl halides is 1. The molecule has 0 aliphatic carbocycles. The molecule has 0 bridgehead atoms. The van der Waals surface area contributed by atoms with E-state index < -0.39 is 72.4 Å². The lowest BCUT2D eigenvalue weighted by Gasteiger charge is -2.46. The predicted octanol–water partition coefficient (Wildman–Crippen LogP) is 8.36. The molecule has 16 heteroatoms. The molecule has 7 atom stereocenters. The number of alkyl carbamates (subject to hydrolysis) is 1. The molecule has 1 saturated heterocycles. The van der Waals surface area contributed by atoms with Gasteiger partial charge in [-0.3, -0.25) is 4.79 Å². The Kier molecular flexibility index (Phi) is 19.7. The van der Waals surface area contributed by atoms with E-state index in [1.165, 1.54) is 0 Å². The number of rotatable bonds is 23. The van der Waals surface area contributed by atoms with Gasteiger partial charge in [0.25, 0.3) is 0 Å². The minimum absolute atomic E-state index is 0.00628. The highest BCUT2D eigenvalue weighted by atomic mass is 35.5. The molecule has 0 aromatic heterocycles. The highest BCUT2D eigenvalue weighted by Gasteiger charge is 2.51. The van der Waals surface area contributed by atoms with Crippen molar-refractivity contribution >= 4 is 29.6 Å². The van der Waals surface area contributed by atoms with Gasteiger partial charge >= 0.3 is 18.0 Å². The van der Waals surface area contributed by atoms with E-state index in [1.807, 2.05) is 109 Å². The first-order valence-corrected chi connectivity index (χ1v) is 21.2. The Morgan fingerprint density at radius 1 is 0.746 bits per heavy atom. The van der Waals surface area contributed by atoms with E-state index >= 15 is 0 Å². The average molecular weight is 887 g/mol. The van der Waals surface area contributed by atoms with Crippen molar-refractivity contribution in [3.05, 3.63) is 154 Å². The summed E-state index contributed by atoms with van der Waals surface area (Å²) in [5.41, 5.74) is 11.9. The molecule has 5 rings (SSSR count). The molecule has 0 spiro atoms. The van der Waals surface area contributed by atoms with Crippen molar-refractivity contribution in [3.8, 4) is 0 Å². The average Bonchev–Trinajstić information content (AvgIpc) is 3.29. The largest absolute Gasteiger partial charge is 0.458 e. The first-order valence-electron chi connectivity index (χ1n) is 20.7. The zero-order chi connectivity index (χ0) is 44.9. The standard InChI is InChI=1S/C47H55ClN4O11/c1-47(2,3)63-44(54)38(51-46(55)59-31-36-22-14-7-15-23-36)25-24-37(27-50-52-49)60-45-43(62-40(53)26-48)42(58-30-35-20-12-6-13-21-35)41(57-29-34-18-10-5-11-19-34)39(61-45)32-56-28-33-16-8-4-9-17-33/h4-23,37-39,41-43,45H,24-32H2,1-3H3,(H,51,55)/t37-,38-,39+,41-,42-,43+,45+/m0/s1. The van der Waals surface area contributed by atoms with Gasteiger partial charge in [0, 0.05) is 4.91 Å². The Morgan fingerprint density at radius 2 is 1.27 bits per heavy atom. The Bertz CT molecular complexity index is 2020. The molecule has 4 aromatic carbocycles. The molecule has 0 saturated carbocycles. The van der Waals surface area contributed by atoms with Gasteiger partial charge in [0.15, 0.2) is 12.4 Å². The minimum Gasteiger partial charge on any atom is -0.458 e. The fraction of sp³-hybridized carbons (Fsp3) is 0.426. The van der Waals surface area contributed by atoms with Crippen LogP contribution in [0, 0.1) is 0 Å². The van der Waals surface area contributed by atoms with Crippen LogP contribution in [0.4, 0.5) is 4.79 Å². The molecule has 1 fully saturated rings. The van der Waals surface area contributed by atoms with Crippen molar-refractivity contribution in [2.75, 3.05) is 19.0 Å². The van der Waals surface area contributed by atoms with Crippen LogP contribution >= 0.6 is 11.6 Å². The molecule has 15 nitrogen and oxygen atoms in total. The molecule has 1 N–H and O–H groups in total. The maximum atomic E-state index is 13.5. The van der Waals surface area contributed by atoms with Gasteiger partial charge in [0.05, 0.1) is 39.1 Å². The molecule has 4 aromatic rings. The summed E-state index contributed by atoms with van der Waals surface area (Å²) in [6.07, 6.45) is -7.20. The first kappa shape index (κ1) is 48.5. The van der Waals surface area contributed by atoms with Crippen molar-refractivity contribution in [1.29, 1.82) is 0 Å². The van der Waals surface area contributed by atoms with E-state index in [0.29, 0.717) is 0 Å². The number of hydrogen-bond acceptors (Lipinski definition) is 12. The van der Waals surface area contributed by atoms with Crippen LogP contribution in [0.2, 0.25) is 0 Å². The molecular formula is C47H55ClN4O11. The molecule has 63 heavy (non-hydrogen) atoms. The number of nitrogens with zero attached hydrogens (tertiary/aromatic N) is 3. The normalized spacial score (nSPS) is 19.5. The zero-order valence-electron chi connectivity index (χ0n) is 35.7. The number of benzene rings is 4. The second-order valence-electron chi connectivity index (χ2n) is 15.7. The van der Waals surface area contributed by atoms with E-state index in [2.05, 4.69) is 15.3 Å². The van der Waals surface area contributed by atoms with Crippen LogP contribution in [0.5, 0.6) is 0 Å². The Labute approximate surface area is 372 Å². The third kappa shape index (κ3) is 16.9. The van der Waals surface area contributed by atoms with Crippen molar-refractivity contribution in [2.45, 2.75) is 108 Å². The topological polar surface area (TPSA) is 186 Å². The van der Waals surface area contributed by atoms with Gasteiger partial charge in [-0.15, -0.1) is 11.6 Å². The second kappa shape index (κ2) is 25.6. The summed E-state index contributed by atoms with van der Waals surface area (Å²) in [6.45, 7) is 5.38. The number of ether oxygens (including phenoxy) is 8. The maximum absolute atomic E-state index is 13.5. The van der Waals surface area contributed by atoms with Crippen molar-refractivity contribution in [1.82, 2.24) is 5.32 Å². The van der Waals surface area contributed by atoms with Gasteiger partial charge < -0.3 is 43.2 Å². The summed E-state index contributed by atoms with van der Waals surface area (Å²) < 4.78 is 49.7. The molecule has 1 aliphatic heterocycles. The lowest BCUT2D eigenvalue weighted by Crippen LogP contribution is -2.62. The van der Waals surface area contributed by atoms with Gasteiger partial charge in [-0.25, -0.2) is 9.59 Å². The van der Waals surface area contributed by atoms with Crippen LogP contribution < -0.4 is 5.32 Å². The summed E-state index contributed by atoms with van der Waals surface area (Å²) in [4.78, 5) is 42.6. The van der Waals surface area contributed by atoms with Crippen molar-refractivity contribution in [3.63, 3.8) is 0 Å². The van der Waals surface area contributed by atoms with E-state index in [0.717, 1.165) is 22.3 Å². The van der Waals surface area contributed by atoms with Crippen LogP contribution in [0.25, 0.3) is 10.4 Å². The predicted molar refractivity (Wildman–Crippen MR) is 233 cm³/mol. The summed E-state index contributed by atoms with van der Waals surface area (Å²) in [5.74, 6) is -1.98. The third-order valence-electron chi connectivity index (χ3n) is 9.58. The number of hydrogen-bond donors (Lipinski definition) is 1. The zero-order valence-corrected chi connectivity index (χ0v) is 36.4. The van der Waals surface area contributed by atoms with Gasteiger partial charge in [-0.05, 0) is 61.4 Å². The lowest BCUT2D eigenvalue weighted by molar-refractivity contribution is -0.328. The van der Waals surface area contributed by atoms with E-state index in [1.54, 1.807) is 32.9 Å². The molecule has 0 radical (unpaired) electrons. The van der Waals surface area contributed by atoms with E-state index in [9.17, 15) is 19.9 Å². The van der Waals surface area contributed by atoms with Gasteiger partial charge in [-0.1, -0.05) is 126 Å². The number of halogens is 1. The number of amides is 1. The Morgan fingerprint density at radius 3 is 1.79 bits per heavy atom. The van der Waals surface area contributed by atoms with E-state index in [-0.39, 0.29) is 52.4 Å². The van der Waals surface area contributed by atoms with E-state index in [4.69, 9.17) is 49.5 Å². The van der Waals surface area contributed by atoms with Gasteiger partial charge in [0.1, 0.15) is 42.4 Å². The number of carbonyl (C=O) groups is 3. The fourth-order valence-electron chi connectivity index (χ4n) is 6.62. The van der Waals surface area contributed by atoms with Crippen LogP contribution in [0.15, 0.2) is 126 Å². The lowest BCUT2D eigenvalue weighted by atomic mass is 9.97. The SMILES string of the molecule is CC(C)(C)OC(=O)[C@H](CC[C@@H](CN=[N+]=[N-])O[C@@H]1O[C@H](COCc2ccccc2)[C@H](OCc2ccccc2)[C@H](OCc2ccccc2)[C@H]1OC(=O)CCl)NC(=O)OCc1ccccc1.